The molecule has 1 aromatic heterocycles. The summed E-state index contributed by atoms with van der Waals surface area (Å²) in [6.45, 7) is 7.05. The number of amides is 5. The first-order chi connectivity index (χ1) is 22.3. The zero-order chi connectivity index (χ0) is 34.7. The molecule has 0 fully saturated rings. The van der Waals surface area contributed by atoms with Gasteiger partial charge >= 0.3 is 6.09 Å². The van der Waals surface area contributed by atoms with Crippen molar-refractivity contribution in [2.45, 2.75) is 77.5 Å². The van der Waals surface area contributed by atoms with Gasteiger partial charge in [-0.2, -0.15) is 0 Å². The van der Waals surface area contributed by atoms with Crippen LogP contribution in [-0.4, -0.2) is 74.7 Å². The van der Waals surface area contributed by atoms with Crippen LogP contribution in [0, 0.1) is 11.8 Å². The van der Waals surface area contributed by atoms with Crippen LogP contribution in [0.1, 0.15) is 51.8 Å². The van der Waals surface area contributed by atoms with E-state index in [4.69, 9.17) is 5.73 Å². The highest BCUT2D eigenvalue weighted by atomic mass is 16.4. The second-order valence-corrected chi connectivity index (χ2v) is 12.0. The van der Waals surface area contributed by atoms with Crippen molar-refractivity contribution < 1.29 is 33.9 Å². The van der Waals surface area contributed by atoms with E-state index in [9.17, 15) is 33.9 Å². The van der Waals surface area contributed by atoms with E-state index in [1.165, 1.54) is 12.5 Å². The molecule has 8 N–H and O–H groups in total. The average molecular weight is 650 g/mol. The Labute approximate surface area is 272 Å². The third-order valence-electron chi connectivity index (χ3n) is 7.85. The number of carbonyl (C=O) groups is 6. The fraction of sp³-hybridized carbons (Fsp3) is 0.424. The van der Waals surface area contributed by atoms with Crippen LogP contribution in [0.4, 0.5) is 4.79 Å². The van der Waals surface area contributed by atoms with E-state index in [0.717, 1.165) is 16.3 Å². The van der Waals surface area contributed by atoms with Crippen LogP contribution in [-0.2, 0) is 36.8 Å². The molecule has 14 nitrogen and oxygen atoms in total. The molecule has 0 spiro atoms. The molecule has 3 aromatic rings. The predicted molar refractivity (Wildman–Crippen MR) is 174 cm³/mol. The summed E-state index contributed by atoms with van der Waals surface area (Å²) in [4.78, 5) is 84.0. The lowest BCUT2D eigenvalue weighted by molar-refractivity contribution is -0.142. The predicted octanol–water partition coefficient (Wildman–Crippen LogP) is 1.59. The Morgan fingerprint density at radius 3 is 2.13 bits per heavy atom. The van der Waals surface area contributed by atoms with Crippen molar-refractivity contribution in [3.05, 3.63) is 66.2 Å². The fourth-order valence-electron chi connectivity index (χ4n) is 5.10. The van der Waals surface area contributed by atoms with Gasteiger partial charge in [0.2, 0.25) is 23.5 Å². The van der Waals surface area contributed by atoms with Gasteiger partial charge in [-0.25, -0.2) is 9.78 Å². The van der Waals surface area contributed by atoms with Gasteiger partial charge in [0.15, 0.2) is 0 Å². The Hall–Kier alpha value is -5.27. The molecule has 0 radical (unpaired) electrons. The summed E-state index contributed by atoms with van der Waals surface area (Å²) >= 11 is 0. The van der Waals surface area contributed by atoms with Crippen molar-refractivity contribution in [2.24, 2.45) is 17.6 Å². The van der Waals surface area contributed by atoms with Gasteiger partial charge in [-0.1, -0.05) is 76.6 Å². The number of nitrogens with two attached hydrogens (primary N) is 1. The first kappa shape index (κ1) is 36.2. The van der Waals surface area contributed by atoms with Gasteiger partial charge in [-0.05, 0) is 34.6 Å². The monoisotopic (exact) mass is 649 g/mol. The summed E-state index contributed by atoms with van der Waals surface area (Å²) in [6.07, 6.45) is 1.97. The number of hydrogen-bond acceptors (Lipinski definition) is 7. The van der Waals surface area contributed by atoms with Crippen LogP contribution < -0.4 is 27.0 Å². The number of nitrogens with one attached hydrogen (secondary N) is 5. The molecule has 0 saturated carbocycles. The minimum atomic E-state index is -1.41. The van der Waals surface area contributed by atoms with Gasteiger partial charge in [-0.15, -0.1) is 0 Å². The van der Waals surface area contributed by atoms with Crippen molar-refractivity contribution in [1.29, 1.82) is 0 Å². The van der Waals surface area contributed by atoms with Gasteiger partial charge in [0, 0.05) is 24.7 Å². The van der Waals surface area contributed by atoms with E-state index >= 15 is 0 Å². The second kappa shape index (κ2) is 16.9. The molecule has 0 aliphatic heterocycles. The number of fused-ring (bicyclic) bond motifs is 1. The summed E-state index contributed by atoms with van der Waals surface area (Å²) in [5.41, 5.74) is 6.87. The Morgan fingerprint density at radius 2 is 1.53 bits per heavy atom. The number of nitrogens with zero attached hydrogens (tertiary/aromatic N) is 1. The molecule has 3 rings (SSSR count). The van der Waals surface area contributed by atoms with E-state index in [1.54, 1.807) is 13.8 Å². The topological polar surface area (TPSA) is 225 Å². The molecule has 252 valence electrons. The number of ketones is 1. The average Bonchev–Trinajstić information content (AvgIpc) is 3.54. The molecular weight excluding hydrogens is 606 g/mol. The highest BCUT2D eigenvalue weighted by Gasteiger charge is 2.36. The van der Waals surface area contributed by atoms with Crippen LogP contribution in [0.15, 0.2) is 55.0 Å². The summed E-state index contributed by atoms with van der Waals surface area (Å²) in [7, 11) is 0. The van der Waals surface area contributed by atoms with Crippen molar-refractivity contribution in [3.8, 4) is 0 Å². The van der Waals surface area contributed by atoms with E-state index in [2.05, 4.69) is 31.2 Å². The number of carbonyl (C=O) groups excluding carboxylic acids is 5. The van der Waals surface area contributed by atoms with Crippen LogP contribution in [0.5, 0.6) is 0 Å². The minimum absolute atomic E-state index is 0.0501. The zero-order valence-electron chi connectivity index (χ0n) is 26.9. The lowest BCUT2D eigenvalue weighted by atomic mass is 9.93. The van der Waals surface area contributed by atoms with Crippen molar-refractivity contribution >= 4 is 46.3 Å². The largest absolute Gasteiger partial charge is 0.465 e. The van der Waals surface area contributed by atoms with Gasteiger partial charge in [0.1, 0.15) is 18.1 Å². The Bertz CT molecular complexity index is 1570. The van der Waals surface area contributed by atoms with Crippen LogP contribution in [0.25, 0.3) is 10.8 Å². The molecule has 0 aliphatic carbocycles. The van der Waals surface area contributed by atoms with Crippen LogP contribution >= 0.6 is 0 Å². The van der Waals surface area contributed by atoms with Crippen molar-refractivity contribution in [3.63, 3.8) is 0 Å². The summed E-state index contributed by atoms with van der Waals surface area (Å²) in [5, 5.41) is 20.9. The SMILES string of the molecule is CC[C@H](C)C(NC(=O)[C@H](CC(C)C)NC(=O)O)C(=O)C(=O)N[C@@H](Cc1cnc[nH]1)C(=O)N[C@@H](Cc1ccc2ccccc2c1)C(N)=O. The number of primary amides is 1. The van der Waals surface area contributed by atoms with E-state index in [-0.39, 0.29) is 25.2 Å². The lowest BCUT2D eigenvalue weighted by Crippen LogP contribution is -2.59. The third kappa shape index (κ3) is 10.7. The first-order valence-corrected chi connectivity index (χ1v) is 15.5. The quantitative estimate of drug-likeness (QED) is 0.106. The van der Waals surface area contributed by atoms with Crippen LogP contribution in [0.2, 0.25) is 0 Å². The maximum Gasteiger partial charge on any atom is 0.405 e. The zero-order valence-corrected chi connectivity index (χ0v) is 26.9. The van der Waals surface area contributed by atoms with Gasteiger partial charge in [-0.3, -0.25) is 24.0 Å². The number of carboxylic acid groups (broad SMARTS) is 1. The lowest BCUT2D eigenvalue weighted by Gasteiger charge is -2.27. The summed E-state index contributed by atoms with van der Waals surface area (Å²) < 4.78 is 0. The molecule has 0 saturated heterocycles. The molecule has 5 atom stereocenters. The smallest absolute Gasteiger partial charge is 0.405 e. The molecule has 2 aromatic carbocycles. The Balaban J connectivity index is 1.80. The molecule has 47 heavy (non-hydrogen) atoms. The molecule has 14 heteroatoms. The molecule has 1 unspecified atom stereocenters. The number of H-pyrrole nitrogens is 1. The summed E-state index contributed by atoms with van der Waals surface area (Å²) in [6, 6.07) is 8.36. The third-order valence-corrected chi connectivity index (χ3v) is 7.85. The minimum Gasteiger partial charge on any atom is -0.465 e. The molecular formula is C33H43N7O7. The van der Waals surface area contributed by atoms with Gasteiger partial charge in [0.25, 0.3) is 5.91 Å². The van der Waals surface area contributed by atoms with Gasteiger partial charge < -0.3 is 37.1 Å². The number of aromatic nitrogens is 2. The van der Waals surface area contributed by atoms with Crippen molar-refractivity contribution in [1.82, 2.24) is 31.2 Å². The van der Waals surface area contributed by atoms with E-state index < -0.39 is 65.6 Å². The van der Waals surface area contributed by atoms with Crippen molar-refractivity contribution in [2.75, 3.05) is 0 Å². The van der Waals surface area contributed by atoms with E-state index in [0.29, 0.717) is 12.1 Å². The number of Topliss-reactive ketones (excluding diaryl/α,β-unsaturated/α-hetero) is 1. The molecule has 0 bridgehead atoms. The number of aromatic amines is 1. The first-order valence-electron chi connectivity index (χ1n) is 15.5. The number of benzene rings is 2. The Morgan fingerprint density at radius 1 is 0.851 bits per heavy atom. The maximum atomic E-state index is 13.6. The summed E-state index contributed by atoms with van der Waals surface area (Å²) in [5.74, 6) is -5.04. The number of rotatable bonds is 17. The Kier molecular flexibility index (Phi) is 13.0. The normalized spacial score (nSPS) is 14.3. The number of hydrogen-bond donors (Lipinski definition) is 7. The number of imidazole rings is 1. The second-order valence-electron chi connectivity index (χ2n) is 12.0. The standard InChI is InChI=1S/C33H43N7O7/c1-5-19(4)27(40-31(44)25(12-18(2)3)39-33(46)47)28(41)32(45)38-26(15-23-16-35-17-36-23)30(43)37-24(29(34)42)14-20-10-11-21-8-6-7-9-22(21)13-20/h6-11,13,16-19,24-27,39H,5,12,14-15H2,1-4H3,(H2,34,42)(H,35,36)(H,37,43)(H,38,45)(H,40,44)(H,46,47)/t19-,24-,25-,26-,27?/m0/s1. The highest BCUT2D eigenvalue weighted by Crippen LogP contribution is 2.17. The fourth-order valence-corrected chi connectivity index (χ4v) is 5.10. The molecule has 0 aliphatic rings. The maximum absolute atomic E-state index is 13.6. The van der Waals surface area contributed by atoms with E-state index in [1.807, 2.05) is 56.3 Å². The molecule has 5 amide bonds. The van der Waals surface area contributed by atoms with Gasteiger partial charge in [0.05, 0.1) is 12.4 Å². The molecule has 1 heterocycles. The van der Waals surface area contributed by atoms with Crippen LogP contribution in [0.3, 0.4) is 0 Å². The highest BCUT2D eigenvalue weighted by molar-refractivity contribution is 6.39.